The standard InChI is InChI=1S/C21H23ClFN3O2/c22-15-3-5-17(23)18(11-15)25-19-6-4-16(20(26-19)14-1-2-14)21(27)24-12-13-7-9-28-10-8-13/h3-6,11,13-14H,1-2,7-10,12H2,(H,24,27)(H,25,26). The van der Waals surface area contributed by atoms with Crippen molar-refractivity contribution in [3.8, 4) is 0 Å². The third-order valence-corrected chi connectivity index (χ3v) is 5.45. The summed E-state index contributed by atoms with van der Waals surface area (Å²) in [7, 11) is 0. The summed E-state index contributed by atoms with van der Waals surface area (Å²) in [5, 5.41) is 6.46. The summed E-state index contributed by atoms with van der Waals surface area (Å²) in [6, 6.07) is 7.80. The van der Waals surface area contributed by atoms with Crippen molar-refractivity contribution in [1.29, 1.82) is 0 Å². The lowest BCUT2D eigenvalue weighted by Gasteiger charge is -2.22. The Morgan fingerprint density at radius 2 is 1.96 bits per heavy atom. The number of benzene rings is 1. The summed E-state index contributed by atoms with van der Waals surface area (Å²) in [6.45, 7) is 2.17. The number of aromatic nitrogens is 1. The first-order chi connectivity index (χ1) is 13.6. The Morgan fingerprint density at radius 3 is 2.71 bits per heavy atom. The van der Waals surface area contributed by atoms with E-state index in [9.17, 15) is 9.18 Å². The number of nitrogens with one attached hydrogen (secondary N) is 2. The highest BCUT2D eigenvalue weighted by molar-refractivity contribution is 6.30. The van der Waals surface area contributed by atoms with E-state index in [0.717, 1.165) is 44.6 Å². The second-order valence-corrected chi connectivity index (χ2v) is 7.85. The molecule has 0 atom stereocenters. The first-order valence-electron chi connectivity index (χ1n) is 9.69. The van der Waals surface area contributed by atoms with Crippen LogP contribution in [0.3, 0.4) is 0 Å². The molecule has 2 heterocycles. The van der Waals surface area contributed by atoms with Crippen LogP contribution in [0.4, 0.5) is 15.9 Å². The summed E-state index contributed by atoms with van der Waals surface area (Å²) in [5.74, 6) is 0.749. The van der Waals surface area contributed by atoms with E-state index in [1.807, 2.05) is 0 Å². The smallest absolute Gasteiger partial charge is 0.253 e. The molecular weight excluding hydrogens is 381 g/mol. The zero-order valence-corrected chi connectivity index (χ0v) is 16.3. The van der Waals surface area contributed by atoms with Crippen LogP contribution in [0.5, 0.6) is 0 Å². The van der Waals surface area contributed by atoms with Crippen LogP contribution in [0.2, 0.25) is 5.02 Å². The number of pyridine rings is 1. The minimum absolute atomic E-state index is 0.0959. The molecule has 0 bridgehead atoms. The highest BCUT2D eigenvalue weighted by Gasteiger charge is 2.30. The molecule has 1 saturated carbocycles. The van der Waals surface area contributed by atoms with Gasteiger partial charge in [-0.05, 0) is 61.9 Å². The molecule has 1 aliphatic carbocycles. The molecule has 1 aromatic heterocycles. The van der Waals surface area contributed by atoms with E-state index in [1.54, 1.807) is 12.1 Å². The molecular formula is C21H23ClFN3O2. The largest absolute Gasteiger partial charge is 0.381 e. The van der Waals surface area contributed by atoms with E-state index >= 15 is 0 Å². The molecule has 0 unspecified atom stereocenters. The van der Waals surface area contributed by atoms with Crippen LogP contribution >= 0.6 is 11.6 Å². The predicted octanol–water partition coefficient (Wildman–Crippen LogP) is 4.65. The van der Waals surface area contributed by atoms with Crippen molar-refractivity contribution in [2.75, 3.05) is 25.1 Å². The lowest BCUT2D eigenvalue weighted by atomic mass is 10.00. The molecule has 4 rings (SSSR count). The SMILES string of the molecule is O=C(NCC1CCOCC1)c1ccc(Nc2cc(Cl)ccc2F)nc1C1CC1. The van der Waals surface area contributed by atoms with Gasteiger partial charge in [0.05, 0.1) is 16.9 Å². The molecule has 1 saturated heterocycles. The van der Waals surface area contributed by atoms with Crippen LogP contribution in [0.1, 0.15) is 47.7 Å². The molecule has 1 aliphatic heterocycles. The first kappa shape index (κ1) is 19.2. The van der Waals surface area contributed by atoms with Gasteiger partial charge < -0.3 is 15.4 Å². The number of amides is 1. The van der Waals surface area contributed by atoms with Crippen molar-refractivity contribution in [2.45, 2.75) is 31.6 Å². The second kappa shape index (κ2) is 8.45. The molecule has 2 aliphatic rings. The molecule has 2 fully saturated rings. The molecule has 5 nitrogen and oxygen atoms in total. The summed E-state index contributed by atoms with van der Waals surface area (Å²) in [6.07, 6.45) is 3.98. The van der Waals surface area contributed by atoms with E-state index < -0.39 is 5.82 Å². The molecule has 148 valence electrons. The number of carbonyl (C=O) groups excluding carboxylic acids is 1. The van der Waals surface area contributed by atoms with Gasteiger partial charge in [0, 0.05) is 30.7 Å². The van der Waals surface area contributed by atoms with Gasteiger partial charge in [-0.1, -0.05) is 11.6 Å². The number of hydrogen-bond donors (Lipinski definition) is 2. The summed E-state index contributed by atoms with van der Waals surface area (Å²) >= 11 is 5.95. The van der Waals surface area contributed by atoms with Gasteiger partial charge in [0.2, 0.25) is 0 Å². The van der Waals surface area contributed by atoms with Crippen molar-refractivity contribution < 1.29 is 13.9 Å². The highest BCUT2D eigenvalue weighted by Crippen LogP contribution is 2.41. The van der Waals surface area contributed by atoms with E-state index in [-0.39, 0.29) is 17.5 Å². The maximum absolute atomic E-state index is 14.0. The van der Waals surface area contributed by atoms with Gasteiger partial charge >= 0.3 is 0 Å². The van der Waals surface area contributed by atoms with Crippen molar-refractivity contribution >= 4 is 29.0 Å². The number of halogens is 2. The van der Waals surface area contributed by atoms with Gasteiger partial charge in [0.25, 0.3) is 5.91 Å². The van der Waals surface area contributed by atoms with E-state index in [1.165, 1.54) is 18.2 Å². The van der Waals surface area contributed by atoms with Gasteiger partial charge in [-0.2, -0.15) is 0 Å². The van der Waals surface area contributed by atoms with Crippen LogP contribution in [-0.4, -0.2) is 30.6 Å². The number of nitrogens with zero attached hydrogens (tertiary/aromatic N) is 1. The van der Waals surface area contributed by atoms with Crippen LogP contribution < -0.4 is 10.6 Å². The Bertz CT molecular complexity index is 867. The summed E-state index contributed by atoms with van der Waals surface area (Å²) < 4.78 is 19.4. The van der Waals surface area contributed by atoms with Crippen molar-refractivity contribution in [2.24, 2.45) is 5.92 Å². The number of hydrogen-bond acceptors (Lipinski definition) is 4. The molecule has 7 heteroatoms. The van der Waals surface area contributed by atoms with Gasteiger partial charge in [0.1, 0.15) is 11.6 Å². The Hall–Kier alpha value is -2.18. The number of anilines is 2. The fraction of sp³-hybridized carbons (Fsp3) is 0.429. The maximum Gasteiger partial charge on any atom is 0.253 e. The van der Waals surface area contributed by atoms with Crippen molar-refractivity contribution in [3.63, 3.8) is 0 Å². The minimum Gasteiger partial charge on any atom is -0.381 e. The van der Waals surface area contributed by atoms with Crippen molar-refractivity contribution in [1.82, 2.24) is 10.3 Å². The lowest BCUT2D eigenvalue weighted by Crippen LogP contribution is -2.32. The average molecular weight is 404 g/mol. The summed E-state index contributed by atoms with van der Waals surface area (Å²) in [4.78, 5) is 17.3. The second-order valence-electron chi connectivity index (χ2n) is 7.42. The van der Waals surface area contributed by atoms with Crippen LogP contribution in [0.15, 0.2) is 30.3 Å². The van der Waals surface area contributed by atoms with E-state index in [2.05, 4.69) is 15.6 Å². The van der Waals surface area contributed by atoms with Crippen LogP contribution in [-0.2, 0) is 4.74 Å². The minimum atomic E-state index is -0.405. The van der Waals surface area contributed by atoms with E-state index in [0.29, 0.717) is 28.9 Å². The Balaban J connectivity index is 1.49. The van der Waals surface area contributed by atoms with Gasteiger partial charge in [-0.3, -0.25) is 4.79 Å². The third kappa shape index (κ3) is 4.62. The van der Waals surface area contributed by atoms with Gasteiger partial charge in [-0.25, -0.2) is 9.37 Å². The van der Waals surface area contributed by atoms with Gasteiger partial charge in [0.15, 0.2) is 0 Å². The molecule has 0 spiro atoms. The topological polar surface area (TPSA) is 63.2 Å². The Labute approximate surface area is 168 Å². The number of carbonyl (C=O) groups is 1. The average Bonchev–Trinajstić information content (AvgIpc) is 3.55. The Morgan fingerprint density at radius 1 is 1.18 bits per heavy atom. The number of rotatable bonds is 6. The zero-order valence-electron chi connectivity index (χ0n) is 15.5. The van der Waals surface area contributed by atoms with Crippen LogP contribution in [0.25, 0.3) is 0 Å². The zero-order chi connectivity index (χ0) is 19.5. The first-order valence-corrected chi connectivity index (χ1v) is 10.1. The molecule has 0 radical (unpaired) electrons. The fourth-order valence-electron chi connectivity index (χ4n) is 3.42. The predicted molar refractivity (Wildman–Crippen MR) is 107 cm³/mol. The molecule has 2 aromatic rings. The third-order valence-electron chi connectivity index (χ3n) is 5.22. The van der Waals surface area contributed by atoms with Gasteiger partial charge in [-0.15, -0.1) is 0 Å². The molecule has 1 amide bonds. The van der Waals surface area contributed by atoms with Crippen LogP contribution in [0, 0.1) is 11.7 Å². The monoisotopic (exact) mass is 403 g/mol. The lowest BCUT2D eigenvalue weighted by molar-refractivity contribution is 0.0642. The van der Waals surface area contributed by atoms with Crippen molar-refractivity contribution in [3.05, 3.63) is 52.4 Å². The molecule has 28 heavy (non-hydrogen) atoms. The highest BCUT2D eigenvalue weighted by atomic mass is 35.5. The van der Waals surface area contributed by atoms with E-state index in [4.69, 9.17) is 16.3 Å². The maximum atomic E-state index is 14.0. The molecule has 1 aromatic carbocycles. The summed E-state index contributed by atoms with van der Waals surface area (Å²) in [5.41, 5.74) is 1.64. The quantitative estimate of drug-likeness (QED) is 0.736. The Kier molecular flexibility index (Phi) is 5.78. The number of ether oxygens (including phenoxy) is 1. The normalized spacial score (nSPS) is 17.4. The fourth-order valence-corrected chi connectivity index (χ4v) is 3.59. The molecule has 2 N–H and O–H groups in total.